The van der Waals surface area contributed by atoms with Gasteiger partial charge in [0, 0.05) is 0 Å². The second-order valence-corrected chi connectivity index (χ2v) is 3.03. The van der Waals surface area contributed by atoms with Crippen LogP contribution in [-0.2, 0) is 11.4 Å². The van der Waals surface area contributed by atoms with Gasteiger partial charge in [-0.2, -0.15) is 0 Å². The molecule has 3 nitrogen and oxygen atoms in total. The van der Waals surface area contributed by atoms with Crippen molar-refractivity contribution in [3.05, 3.63) is 0 Å². The van der Waals surface area contributed by atoms with Crippen LogP contribution in [0, 0.1) is 0 Å². The number of hydrogen-bond donors (Lipinski definition) is 0. The molecule has 0 aromatic heterocycles. The first-order chi connectivity index (χ1) is 5.65. The average molecular weight is 201 g/mol. The second-order valence-electron chi connectivity index (χ2n) is 2.62. The zero-order valence-corrected chi connectivity index (χ0v) is 9.69. The van der Waals surface area contributed by atoms with E-state index in [9.17, 15) is 0 Å². The molecule has 0 radical (unpaired) electrons. The van der Waals surface area contributed by atoms with Crippen LogP contribution >= 0.6 is 0 Å². The Hall–Kier alpha value is 0.667. The molecular formula is C8H18LiO3S-. The van der Waals surface area contributed by atoms with Crippen molar-refractivity contribution in [3.8, 4) is 0 Å². The molecule has 76 valence electrons. The van der Waals surface area contributed by atoms with Gasteiger partial charge >= 0.3 is 18.9 Å². The first kappa shape index (κ1) is 19.3. The number of hydrogen-bond acceptors (Lipinski definition) is 3. The Morgan fingerprint density at radius 2 is 1.15 bits per heavy atom. The van der Waals surface area contributed by atoms with Gasteiger partial charge in [0.25, 0.3) is 0 Å². The summed E-state index contributed by atoms with van der Waals surface area (Å²) in [5.74, 6) is 0. The molecule has 0 heterocycles. The zero-order chi connectivity index (χ0) is 9.82. The minimum absolute atomic E-state index is 0. The van der Waals surface area contributed by atoms with E-state index in [4.69, 9.17) is 13.3 Å². The largest absolute Gasteiger partial charge is 1.00 e. The molecule has 0 atom stereocenters. The van der Waals surface area contributed by atoms with Gasteiger partial charge in [-0.1, -0.05) is 52.4 Å². The molecule has 0 aromatic carbocycles. The van der Waals surface area contributed by atoms with E-state index in [0.717, 1.165) is 0 Å². The topological polar surface area (TPSA) is 63.2 Å². The van der Waals surface area contributed by atoms with Gasteiger partial charge in [-0.25, -0.2) is 0 Å². The molecule has 0 aliphatic carbocycles. The van der Waals surface area contributed by atoms with Gasteiger partial charge in [0.05, 0.1) is 0 Å². The van der Waals surface area contributed by atoms with Gasteiger partial charge in [-0.15, -0.1) is 11.4 Å². The van der Waals surface area contributed by atoms with Crippen LogP contribution in [0.25, 0.3) is 0 Å². The Morgan fingerprint density at radius 1 is 0.923 bits per heavy atom. The summed E-state index contributed by atoms with van der Waals surface area (Å²) in [6, 6.07) is 0. The molecule has 0 spiro atoms. The fourth-order valence-electron chi connectivity index (χ4n) is 0.854. The summed E-state index contributed by atoms with van der Waals surface area (Å²) < 4.78 is 25.3. The Morgan fingerprint density at radius 3 is 1.31 bits per heavy atom. The van der Waals surface area contributed by atoms with Crippen LogP contribution in [0.15, 0.2) is 0 Å². The molecule has 0 bridgehead atoms. The van der Waals surface area contributed by atoms with Crippen molar-refractivity contribution in [2.24, 2.45) is 0 Å². The van der Waals surface area contributed by atoms with Gasteiger partial charge in [0.15, 0.2) is 0 Å². The van der Waals surface area contributed by atoms with Gasteiger partial charge in [-0.05, 0) is 0 Å². The summed E-state index contributed by atoms with van der Waals surface area (Å²) in [7, 11) is 0. The van der Waals surface area contributed by atoms with Crippen LogP contribution in [-0.4, -0.2) is 13.3 Å². The predicted octanol–water partition coefficient (Wildman–Crippen LogP) is -0.633. The third-order valence-corrected chi connectivity index (χ3v) is 1.46. The Labute approximate surface area is 96.0 Å². The normalized spacial score (nSPS) is 8.69. The Balaban J connectivity index is -0.000000173. The fraction of sp³-hybridized carbons (Fsp3) is 1.00. The average Bonchev–Trinajstić information content (AvgIpc) is 1.97. The first-order valence-corrected chi connectivity index (χ1v) is 5.41. The summed E-state index contributed by atoms with van der Waals surface area (Å²) in [5.41, 5.74) is 0. The van der Waals surface area contributed by atoms with Crippen molar-refractivity contribution in [1.29, 1.82) is 0 Å². The number of rotatable bonds is 5. The smallest absolute Gasteiger partial charge is 0.784 e. The molecule has 0 saturated carbocycles. The molecule has 0 saturated heterocycles. The van der Waals surface area contributed by atoms with E-state index >= 15 is 0 Å². The van der Waals surface area contributed by atoms with Crippen molar-refractivity contribution in [2.45, 2.75) is 52.4 Å². The summed E-state index contributed by atoms with van der Waals surface area (Å²) in [4.78, 5) is 0. The van der Waals surface area contributed by atoms with E-state index in [-0.39, 0.29) is 18.9 Å². The van der Waals surface area contributed by atoms with Crippen molar-refractivity contribution >= 4 is 11.4 Å². The van der Waals surface area contributed by atoms with Gasteiger partial charge in [0.1, 0.15) is 0 Å². The maximum atomic E-state index is 8.44. The third kappa shape index (κ3) is 44.9. The van der Waals surface area contributed by atoms with Crippen LogP contribution in [0.1, 0.15) is 52.4 Å². The van der Waals surface area contributed by atoms with Crippen molar-refractivity contribution in [3.63, 3.8) is 0 Å². The van der Waals surface area contributed by atoms with Crippen molar-refractivity contribution < 1.29 is 32.2 Å². The second kappa shape index (κ2) is 18.5. The Kier molecular flexibility index (Phi) is 27.4. The molecule has 13 heavy (non-hydrogen) atoms. The van der Waals surface area contributed by atoms with Crippen LogP contribution in [0.2, 0.25) is 0 Å². The van der Waals surface area contributed by atoms with E-state index in [0.29, 0.717) is 0 Å². The van der Waals surface area contributed by atoms with Crippen molar-refractivity contribution in [1.82, 2.24) is 0 Å². The summed E-state index contributed by atoms with van der Waals surface area (Å²) >= 11 is -3.11. The van der Waals surface area contributed by atoms with E-state index in [1.165, 1.54) is 38.5 Å². The molecule has 0 aromatic rings. The summed E-state index contributed by atoms with van der Waals surface area (Å²) in [5, 5.41) is 0. The molecule has 0 unspecified atom stereocenters. The molecule has 5 heteroatoms. The van der Waals surface area contributed by atoms with E-state index in [2.05, 4.69) is 13.8 Å². The van der Waals surface area contributed by atoms with Crippen molar-refractivity contribution in [2.75, 3.05) is 0 Å². The zero-order valence-electron chi connectivity index (χ0n) is 8.88. The minimum Gasteiger partial charge on any atom is -0.784 e. The maximum Gasteiger partial charge on any atom is 1.00 e. The van der Waals surface area contributed by atoms with Crippen LogP contribution in [0.5, 0.6) is 0 Å². The SMILES string of the molecule is CCCCCCCC.O=S([O-])[O-].[Li+]. The molecule has 0 fully saturated rings. The Bertz CT molecular complexity index is 91.4. The summed E-state index contributed by atoms with van der Waals surface area (Å²) in [6.07, 6.45) is 8.49. The molecule has 0 amide bonds. The fourth-order valence-corrected chi connectivity index (χ4v) is 0.854. The standard InChI is InChI=1S/C8H18.Li.H2O3S/c1-3-5-7-8-6-4-2;;1-4(2)3/h3-8H2,1-2H3;;(H2,1,2,3)/q;+1;/p-2. The van der Waals surface area contributed by atoms with Gasteiger partial charge < -0.3 is 9.11 Å². The van der Waals surface area contributed by atoms with Crippen LogP contribution < -0.4 is 18.9 Å². The molecule has 0 N–H and O–H groups in total. The maximum absolute atomic E-state index is 8.44. The van der Waals surface area contributed by atoms with E-state index < -0.39 is 11.4 Å². The van der Waals surface area contributed by atoms with Crippen LogP contribution in [0.3, 0.4) is 0 Å². The van der Waals surface area contributed by atoms with Gasteiger partial charge in [-0.3, -0.25) is 4.21 Å². The summed E-state index contributed by atoms with van der Waals surface area (Å²) in [6.45, 7) is 4.51. The van der Waals surface area contributed by atoms with Gasteiger partial charge in [0.2, 0.25) is 0 Å². The number of unbranched alkanes of at least 4 members (excludes halogenated alkanes) is 5. The molecular weight excluding hydrogens is 183 g/mol. The van der Waals surface area contributed by atoms with E-state index in [1.54, 1.807) is 0 Å². The monoisotopic (exact) mass is 201 g/mol. The minimum atomic E-state index is -3.11. The molecule has 0 rings (SSSR count). The first-order valence-electron chi connectivity index (χ1n) is 4.41. The predicted molar refractivity (Wildman–Crippen MR) is 48.7 cm³/mol. The molecule has 0 aliphatic rings. The molecule has 0 aliphatic heterocycles. The third-order valence-electron chi connectivity index (χ3n) is 1.46. The quantitative estimate of drug-likeness (QED) is 0.338. The van der Waals surface area contributed by atoms with E-state index in [1.807, 2.05) is 0 Å². The van der Waals surface area contributed by atoms with Crippen LogP contribution in [0.4, 0.5) is 0 Å².